The Labute approximate surface area is 192 Å². The van der Waals surface area contributed by atoms with Gasteiger partial charge in [0.15, 0.2) is 16.7 Å². The number of nitrogens with one attached hydrogen (secondary N) is 1. The number of aromatic nitrogens is 3. The molecule has 0 unspecified atom stereocenters. The summed E-state index contributed by atoms with van der Waals surface area (Å²) < 4.78 is 7.39. The van der Waals surface area contributed by atoms with Crippen molar-refractivity contribution < 1.29 is 9.21 Å². The fraction of sp³-hybridized carbons (Fsp3) is 0.240. The van der Waals surface area contributed by atoms with Crippen molar-refractivity contribution >= 4 is 17.7 Å². The lowest BCUT2D eigenvalue weighted by Crippen LogP contribution is -2.27. The molecule has 4 aromatic rings. The van der Waals surface area contributed by atoms with Crippen molar-refractivity contribution in [2.24, 2.45) is 0 Å². The van der Waals surface area contributed by atoms with Gasteiger partial charge < -0.3 is 9.73 Å². The summed E-state index contributed by atoms with van der Waals surface area (Å²) in [5, 5.41) is 12.2. The fourth-order valence-corrected chi connectivity index (χ4v) is 4.53. The summed E-state index contributed by atoms with van der Waals surface area (Å²) >= 11 is 1.39. The van der Waals surface area contributed by atoms with Crippen molar-refractivity contribution in [1.82, 2.24) is 20.1 Å². The van der Waals surface area contributed by atoms with Gasteiger partial charge in [-0.15, -0.1) is 10.2 Å². The van der Waals surface area contributed by atoms with E-state index in [9.17, 15) is 4.79 Å². The molecule has 1 amide bonds. The third kappa shape index (κ3) is 5.29. The van der Waals surface area contributed by atoms with Gasteiger partial charge in [0, 0.05) is 19.0 Å². The van der Waals surface area contributed by atoms with Gasteiger partial charge in [0.2, 0.25) is 5.91 Å². The number of thioether (sulfide) groups is 1. The van der Waals surface area contributed by atoms with Crippen molar-refractivity contribution in [3.05, 3.63) is 90.2 Å². The zero-order valence-corrected chi connectivity index (χ0v) is 18.8. The second-order valence-electron chi connectivity index (χ2n) is 7.33. The minimum absolute atomic E-state index is 0.0138. The van der Waals surface area contributed by atoms with Crippen LogP contribution in [0, 0.1) is 0 Å². The lowest BCUT2D eigenvalue weighted by atomic mass is 9.88. The molecule has 164 valence electrons. The Hall–Kier alpha value is -3.32. The largest absolute Gasteiger partial charge is 0.461 e. The highest BCUT2D eigenvalue weighted by atomic mass is 32.2. The quantitative estimate of drug-likeness (QED) is 0.348. The molecular weight excluding hydrogens is 420 g/mol. The molecular formula is C25H26N4O2S. The van der Waals surface area contributed by atoms with E-state index in [-0.39, 0.29) is 17.6 Å². The average Bonchev–Trinajstić information content (AvgIpc) is 3.51. The van der Waals surface area contributed by atoms with Crippen LogP contribution in [0.1, 0.15) is 30.4 Å². The summed E-state index contributed by atoms with van der Waals surface area (Å²) in [6.07, 6.45) is 2.45. The summed E-state index contributed by atoms with van der Waals surface area (Å²) in [5.74, 6) is 1.86. The predicted molar refractivity (Wildman–Crippen MR) is 126 cm³/mol. The van der Waals surface area contributed by atoms with E-state index >= 15 is 0 Å². The normalized spacial score (nSPS) is 11.1. The van der Waals surface area contributed by atoms with Gasteiger partial charge in [0.05, 0.1) is 12.0 Å². The van der Waals surface area contributed by atoms with Crippen molar-refractivity contribution in [2.45, 2.75) is 31.0 Å². The standard InChI is InChI=1S/C25H26N4O2S/c1-2-29-24(22-14-9-17-31-22)27-28-25(29)32-18-23(30)26-16-15-21(19-10-5-3-6-11-19)20-12-7-4-8-13-20/h3-14,17,21H,2,15-16,18H2,1H3,(H,26,30). The molecule has 0 spiro atoms. The summed E-state index contributed by atoms with van der Waals surface area (Å²) in [4.78, 5) is 12.5. The van der Waals surface area contributed by atoms with Crippen LogP contribution in [-0.2, 0) is 11.3 Å². The summed E-state index contributed by atoms with van der Waals surface area (Å²) in [6.45, 7) is 3.32. The maximum Gasteiger partial charge on any atom is 0.230 e. The van der Waals surface area contributed by atoms with E-state index in [0.717, 1.165) is 6.42 Å². The fourth-order valence-electron chi connectivity index (χ4n) is 3.70. The van der Waals surface area contributed by atoms with Crippen LogP contribution in [0.15, 0.2) is 88.6 Å². The minimum Gasteiger partial charge on any atom is -0.461 e. The number of hydrogen-bond acceptors (Lipinski definition) is 5. The van der Waals surface area contributed by atoms with Crippen LogP contribution in [-0.4, -0.2) is 33.0 Å². The van der Waals surface area contributed by atoms with Gasteiger partial charge in [-0.1, -0.05) is 72.4 Å². The highest BCUT2D eigenvalue weighted by molar-refractivity contribution is 7.99. The Morgan fingerprint density at radius 3 is 2.28 bits per heavy atom. The molecule has 0 fully saturated rings. The van der Waals surface area contributed by atoms with Gasteiger partial charge in [-0.3, -0.25) is 9.36 Å². The second-order valence-corrected chi connectivity index (χ2v) is 8.27. The Morgan fingerprint density at radius 2 is 1.69 bits per heavy atom. The van der Waals surface area contributed by atoms with Gasteiger partial charge in [0.1, 0.15) is 0 Å². The van der Waals surface area contributed by atoms with Gasteiger partial charge in [-0.05, 0) is 36.6 Å². The molecule has 2 aromatic carbocycles. The maximum absolute atomic E-state index is 12.5. The number of furan rings is 1. The third-order valence-electron chi connectivity index (χ3n) is 5.27. The van der Waals surface area contributed by atoms with E-state index < -0.39 is 0 Å². The van der Waals surface area contributed by atoms with E-state index in [1.807, 2.05) is 35.8 Å². The van der Waals surface area contributed by atoms with Gasteiger partial charge in [0.25, 0.3) is 0 Å². The first-order chi connectivity index (χ1) is 15.8. The first kappa shape index (κ1) is 21.9. The molecule has 0 aliphatic rings. The van der Waals surface area contributed by atoms with Crippen LogP contribution in [0.4, 0.5) is 0 Å². The minimum atomic E-state index is -0.0138. The van der Waals surface area contributed by atoms with Crippen LogP contribution in [0.25, 0.3) is 11.6 Å². The molecule has 32 heavy (non-hydrogen) atoms. The maximum atomic E-state index is 12.5. The van der Waals surface area contributed by atoms with Crippen molar-refractivity contribution in [2.75, 3.05) is 12.3 Å². The number of benzene rings is 2. The number of carbonyl (C=O) groups excluding carboxylic acids is 1. The lowest BCUT2D eigenvalue weighted by molar-refractivity contribution is -0.118. The second kappa shape index (κ2) is 10.8. The van der Waals surface area contributed by atoms with E-state index in [0.29, 0.717) is 29.8 Å². The summed E-state index contributed by atoms with van der Waals surface area (Å²) in [7, 11) is 0. The van der Waals surface area contributed by atoms with Gasteiger partial charge >= 0.3 is 0 Å². The number of carbonyl (C=O) groups is 1. The molecule has 0 bridgehead atoms. The summed E-state index contributed by atoms with van der Waals surface area (Å²) in [6, 6.07) is 24.5. The Bertz CT molecular complexity index is 1070. The first-order valence-corrected chi connectivity index (χ1v) is 11.7. The Balaban J connectivity index is 1.33. The molecule has 0 aliphatic heterocycles. The van der Waals surface area contributed by atoms with Crippen LogP contribution in [0.3, 0.4) is 0 Å². The topological polar surface area (TPSA) is 73.0 Å². The smallest absolute Gasteiger partial charge is 0.230 e. The van der Waals surface area contributed by atoms with Crippen molar-refractivity contribution in [1.29, 1.82) is 0 Å². The summed E-state index contributed by atoms with van der Waals surface area (Å²) in [5.41, 5.74) is 2.51. The predicted octanol–water partition coefficient (Wildman–Crippen LogP) is 4.99. The molecule has 0 saturated carbocycles. The van der Waals surface area contributed by atoms with Gasteiger partial charge in [-0.25, -0.2) is 0 Å². The Kier molecular flexibility index (Phi) is 7.40. The van der Waals surface area contributed by atoms with Crippen molar-refractivity contribution in [3.8, 4) is 11.6 Å². The number of rotatable bonds is 10. The zero-order chi connectivity index (χ0) is 22.2. The SMILES string of the molecule is CCn1c(SCC(=O)NCCC(c2ccccc2)c2ccccc2)nnc1-c1ccco1. The lowest BCUT2D eigenvalue weighted by Gasteiger charge is -2.18. The highest BCUT2D eigenvalue weighted by Gasteiger charge is 2.17. The number of hydrogen-bond donors (Lipinski definition) is 1. The van der Waals surface area contributed by atoms with E-state index in [1.54, 1.807) is 6.26 Å². The molecule has 0 aliphatic carbocycles. The zero-order valence-electron chi connectivity index (χ0n) is 18.0. The van der Waals surface area contributed by atoms with Crippen LogP contribution in [0.2, 0.25) is 0 Å². The monoisotopic (exact) mass is 446 g/mol. The average molecular weight is 447 g/mol. The number of nitrogens with zero attached hydrogens (tertiary/aromatic N) is 3. The van der Waals surface area contributed by atoms with Crippen LogP contribution < -0.4 is 5.32 Å². The molecule has 0 saturated heterocycles. The highest BCUT2D eigenvalue weighted by Crippen LogP contribution is 2.27. The first-order valence-electron chi connectivity index (χ1n) is 10.7. The Morgan fingerprint density at radius 1 is 1.00 bits per heavy atom. The van der Waals surface area contributed by atoms with Crippen LogP contribution >= 0.6 is 11.8 Å². The molecule has 0 atom stereocenters. The van der Waals surface area contributed by atoms with Crippen LogP contribution in [0.5, 0.6) is 0 Å². The number of amides is 1. The van der Waals surface area contributed by atoms with Gasteiger partial charge in [-0.2, -0.15) is 0 Å². The van der Waals surface area contributed by atoms with E-state index in [2.05, 4.69) is 64.0 Å². The molecule has 2 heterocycles. The molecule has 6 nitrogen and oxygen atoms in total. The van der Waals surface area contributed by atoms with E-state index in [4.69, 9.17) is 4.42 Å². The molecule has 1 N–H and O–H groups in total. The van der Waals surface area contributed by atoms with Crippen molar-refractivity contribution in [3.63, 3.8) is 0 Å². The molecule has 2 aromatic heterocycles. The van der Waals surface area contributed by atoms with E-state index in [1.165, 1.54) is 22.9 Å². The molecule has 4 rings (SSSR count). The third-order valence-corrected chi connectivity index (χ3v) is 6.23. The molecule has 7 heteroatoms. The molecule has 0 radical (unpaired) electrons.